The second-order valence-corrected chi connectivity index (χ2v) is 7.66. The van der Waals surface area contributed by atoms with Crippen LogP contribution in [0.4, 0.5) is 17.6 Å². The van der Waals surface area contributed by atoms with Crippen LogP contribution in [0.15, 0.2) is 29.1 Å². The van der Waals surface area contributed by atoms with Crippen LogP contribution in [0.1, 0.15) is 55.8 Å². The van der Waals surface area contributed by atoms with Crippen molar-refractivity contribution in [1.29, 1.82) is 0 Å². The molecule has 28 heavy (non-hydrogen) atoms. The minimum Gasteiger partial charge on any atom is -0.312 e. The predicted molar refractivity (Wildman–Crippen MR) is 98.8 cm³/mol. The Morgan fingerprint density at radius 1 is 1.14 bits per heavy atom. The number of nitrogens with one attached hydrogen (secondary N) is 2. The first-order valence-electron chi connectivity index (χ1n) is 9.25. The molecular formula is C20H23F4N3O. The van der Waals surface area contributed by atoms with Crippen LogP contribution in [0.2, 0.25) is 0 Å². The number of benzene rings is 1. The fraction of sp³-hybridized carbons (Fsp3) is 0.500. The van der Waals surface area contributed by atoms with Gasteiger partial charge in [-0.25, -0.2) is 9.37 Å². The van der Waals surface area contributed by atoms with Crippen LogP contribution >= 0.6 is 0 Å². The molecule has 0 saturated heterocycles. The first-order valence-corrected chi connectivity index (χ1v) is 9.25. The van der Waals surface area contributed by atoms with E-state index in [-0.39, 0.29) is 17.9 Å². The third-order valence-corrected chi connectivity index (χ3v) is 4.98. The number of nitrogens with zero attached hydrogens (tertiary/aromatic N) is 1. The van der Waals surface area contributed by atoms with Crippen molar-refractivity contribution in [2.75, 3.05) is 6.54 Å². The van der Waals surface area contributed by atoms with Gasteiger partial charge in [-0.1, -0.05) is 24.3 Å². The molecule has 1 unspecified atom stereocenters. The van der Waals surface area contributed by atoms with Gasteiger partial charge >= 0.3 is 6.18 Å². The Balaban J connectivity index is 1.88. The molecule has 1 aliphatic rings. The minimum atomic E-state index is -4.19. The summed E-state index contributed by atoms with van der Waals surface area (Å²) in [5.74, 6) is 0.0888. The Morgan fingerprint density at radius 2 is 1.82 bits per heavy atom. The van der Waals surface area contributed by atoms with E-state index in [1.165, 1.54) is 13.8 Å². The van der Waals surface area contributed by atoms with Gasteiger partial charge in [-0.3, -0.25) is 4.79 Å². The van der Waals surface area contributed by atoms with E-state index >= 15 is 0 Å². The standard InChI is InChI=1S/C20H23F4N3O/c1-19(2,21)14-7-5-12(6-8-14)17-26-16-13(4-3-9-20(22,23)24)10-25-11-15(16)18(28)27-17/h5-8,13,25H,3-4,9-11H2,1-2H3,(H,26,27,28). The zero-order valence-corrected chi connectivity index (χ0v) is 15.8. The number of aromatic nitrogens is 2. The molecule has 0 saturated carbocycles. The van der Waals surface area contributed by atoms with Crippen LogP contribution in [-0.4, -0.2) is 22.7 Å². The number of hydrogen-bond donors (Lipinski definition) is 2. The van der Waals surface area contributed by atoms with E-state index in [0.29, 0.717) is 47.7 Å². The van der Waals surface area contributed by atoms with Gasteiger partial charge in [-0.2, -0.15) is 13.2 Å². The van der Waals surface area contributed by atoms with Crippen LogP contribution in [-0.2, 0) is 12.2 Å². The second kappa shape index (κ2) is 7.66. The summed E-state index contributed by atoms with van der Waals surface area (Å²) in [6.45, 7) is 3.73. The molecule has 1 aliphatic heterocycles. The van der Waals surface area contributed by atoms with E-state index in [0.717, 1.165) is 0 Å². The minimum absolute atomic E-state index is 0.0145. The molecule has 2 aromatic rings. The molecule has 0 aliphatic carbocycles. The van der Waals surface area contributed by atoms with E-state index in [1.54, 1.807) is 24.3 Å². The van der Waals surface area contributed by atoms with Crippen molar-refractivity contribution in [3.8, 4) is 11.4 Å². The largest absolute Gasteiger partial charge is 0.389 e. The molecule has 1 aromatic heterocycles. The molecule has 3 rings (SSSR count). The average Bonchev–Trinajstić information content (AvgIpc) is 2.60. The molecule has 0 bridgehead atoms. The Hall–Kier alpha value is -2.22. The average molecular weight is 397 g/mol. The van der Waals surface area contributed by atoms with Crippen molar-refractivity contribution >= 4 is 0 Å². The summed E-state index contributed by atoms with van der Waals surface area (Å²) in [5, 5.41) is 3.08. The Bertz CT molecular complexity index is 882. The van der Waals surface area contributed by atoms with E-state index in [1.807, 2.05) is 0 Å². The van der Waals surface area contributed by atoms with Gasteiger partial charge in [0.05, 0.1) is 11.3 Å². The molecule has 152 valence electrons. The van der Waals surface area contributed by atoms with Gasteiger partial charge in [-0.05, 0) is 32.3 Å². The van der Waals surface area contributed by atoms with E-state index < -0.39 is 18.3 Å². The second-order valence-electron chi connectivity index (χ2n) is 7.66. The van der Waals surface area contributed by atoms with Crippen molar-refractivity contribution in [3.05, 3.63) is 51.4 Å². The third kappa shape index (κ3) is 4.79. The molecule has 0 fully saturated rings. The lowest BCUT2D eigenvalue weighted by atomic mass is 9.91. The summed E-state index contributed by atoms with van der Waals surface area (Å²) >= 11 is 0. The van der Waals surface area contributed by atoms with Crippen LogP contribution < -0.4 is 10.9 Å². The number of aromatic amines is 1. The SMILES string of the molecule is CC(C)(F)c1ccc(-c2nc3c(c(=O)[nH]2)CNCC3CCCC(F)(F)F)cc1. The van der Waals surface area contributed by atoms with E-state index in [9.17, 15) is 22.4 Å². The third-order valence-electron chi connectivity index (χ3n) is 4.98. The van der Waals surface area contributed by atoms with Crippen LogP contribution in [0, 0.1) is 0 Å². The van der Waals surface area contributed by atoms with E-state index in [4.69, 9.17) is 0 Å². The summed E-state index contributed by atoms with van der Waals surface area (Å²) < 4.78 is 51.4. The molecule has 0 amide bonds. The smallest absolute Gasteiger partial charge is 0.312 e. The maximum Gasteiger partial charge on any atom is 0.389 e. The summed E-state index contributed by atoms with van der Waals surface area (Å²) in [4.78, 5) is 19.8. The van der Waals surface area contributed by atoms with Gasteiger partial charge in [0.2, 0.25) is 0 Å². The summed E-state index contributed by atoms with van der Waals surface area (Å²) in [5.41, 5.74) is 0.363. The van der Waals surface area contributed by atoms with Crippen molar-refractivity contribution in [2.24, 2.45) is 0 Å². The molecule has 0 spiro atoms. The lowest BCUT2D eigenvalue weighted by Crippen LogP contribution is -2.35. The number of alkyl halides is 4. The zero-order chi connectivity index (χ0) is 20.5. The molecule has 8 heteroatoms. The van der Waals surface area contributed by atoms with Crippen molar-refractivity contribution in [2.45, 2.75) is 57.4 Å². The Morgan fingerprint density at radius 3 is 2.43 bits per heavy atom. The quantitative estimate of drug-likeness (QED) is 0.727. The first kappa shape index (κ1) is 20.5. The van der Waals surface area contributed by atoms with E-state index in [2.05, 4.69) is 15.3 Å². The molecule has 1 aromatic carbocycles. The van der Waals surface area contributed by atoms with Gasteiger partial charge < -0.3 is 10.3 Å². The van der Waals surface area contributed by atoms with Crippen molar-refractivity contribution < 1.29 is 17.6 Å². The van der Waals surface area contributed by atoms with Crippen LogP contribution in [0.3, 0.4) is 0 Å². The first-order chi connectivity index (χ1) is 13.0. The lowest BCUT2D eigenvalue weighted by Gasteiger charge is -2.25. The van der Waals surface area contributed by atoms with Gasteiger partial charge in [0.15, 0.2) is 0 Å². The summed E-state index contributed by atoms with van der Waals surface area (Å²) in [6.07, 6.45) is -4.76. The lowest BCUT2D eigenvalue weighted by molar-refractivity contribution is -0.135. The number of fused-ring (bicyclic) bond motifs is 1. The summed E-state index contributed by atoms with van der Waals surface area (Å²) in [6, 6.07) is 6.64. The Labute approximate surface area is 160 Å². The predicted octanol–water partition coefficient (Wildman–Crippen LogP) is 4.56. The number of H-pyrrole nitrogens is 1. The highest BCUT2D eigenvalue weighted by Crippen LogP contribution is 2.31. The maximum absolute atomic E-state index is 14.0. The Kier molecular flexibility index (Phi) is 5.61. The molecule has 1 atom stereocenters. The highest BCUT2D eigenvalue weighted by Gasteiger charge is 2.29. The maximum atomic E-state index is 14.0. The fourth-order valence-corrected chi connectivity index (χ4v) is 3.44. The molecule has 2 heterocycles. The van der Waals surface area contributed by atoms with Gasteiger partial charge in [0, 0.05) is 31.0 Å². The number of hydrogen-bond acceptors (Lipinski definition) is 3. The normalized spacial score (nSPS) is 17.4. The van der Waals surface area contributed by atoms with Gasteiger partial charge in [0.1, 0.15) is 11.5 Å². The molecular weight excluding hydrogens is 374 g/mol. The van der Waals surface area contributed by atoms with Crippen LogP contribution in [0.5, 0.6) is 0 Å². The van der Waals surface area contributed by atoms with Gasteiger partial charge in [-0.15, -0.1) is 0 Å². The summed E-state index contributed by atoms with van der Waals surface area (Å²) in [7, 11) is 0. The van der Waals surface area contributed by atoms with Crippen molar-refractivity contribution in [3.63, 3.8) is 0 Å². The van der Waals surface area contributed by atoms with Crippen molar-refractivity contribution in [1.82, 2.24) is 15.3 Å². The van der Waals surface area contributed by atoms with Crippen LogP contribution in [0.25, 0.3) is 11.4 Å². The zero-order valence-electron chi connectivity index (χ0n) is 15.8. The monoisotopic (exact) mass is 397 g/mol. The van der Waals surface area contributed by atoms with Gasteiger partial charge in [0.25, 0.3) is 5.56 Å². The highest BCUT2D eigenvalue weighted by molar-refractivity contribution is 5.56. The fourth-order valence-electron chi connectivity index (χ4n) is 3.44. The molecule has 0 radical (unpaired) electrons. The topological polar surface area (TPSA) is 57.8 Å². The number of halogens is 4. The number of rotatable bonds is 5. The molecule has 2 N–H and O–H groups in total. The molecule has 4 nitrogen and oxygen atoms in total. The highest BCUT2D eigenvalue weighted by atomic mass is 19.4.